The summed E-state index contributed by atoms with van der Waals surface area (Å²) >= 11 is 0. The third kappa shape index (κ3) is 2.98. The van der Waals surface area contributed by atoms with Crippen LogP contribution >= 0.6 is 0 Å². The predicted molar refractivity (Wildman–Crippen MR) is 107 cm³/mol. The molecule has 1 aliphatic carbocycles. The topological polar surface area (TPSA) is 0 Å². The molecule has 0 nitrogen and oxygen atoms in total. The van der Waals surface area contributed by atoms with Gasteiger partial charge in [0, 0.05) is 0 Å². The van der Waals surface area contributed by atoms with Gasteiger partial charge >= 0.3 is 0 Å². The van der Waals surface area contributed by atoms with Crippen LogP contribution in [0, 0.1) is 27.7 Å². The van der Waals surface area contributed by atoms with Crippen LogP contribution in [0.25, 0.3) is 16.7 Å². The van der Waals surface area contributed by atoms with Crippen molar-refractivity contribution in [1.82, 2.24) is 0 Å². The Morgan fingerprint density at radius 1 is 0.833 bits per heavy atom. The van der Waals surface area contributed by atoms with E-state index in [0.29, 0.717) is 0 Å². The average molecular weight is 316 g/mol. The van der Waals surface area contributed by atoms with Gasteiger partial charge in [-0.2, -0.15) is 0 Å². The molecule has 0 spiro atoms. The van der Waals surface area contributed by atoms with Crippen molar-refractivity contribution in [2.24, 2.45) is 0 Å². The molecule has 0 N–H and O–H groups in total. The fourth-order valence-corrected chi connectivity index (χ4v) is 4.01. The minimum absolute atomic E-state index is 1.16. The Kier molecular flexibility index (Phi) is 4.49. The molecular weight excluding hydrogens is 288 g/mol. The summed E-state index contributed by atoms with van der Waals surface area (Å²) in [6.45, 7) is 15.2. The molecule has 0 heteroatoms. The normalized spacial score (nSPS) is 14.4. The lowest BCUT2D eigenvalue weighted by atomic mass is 9.87. The molecule has 0 saturated carbocycles. The van der Waals surface area contributed by atoms with E-state index in [9.17, 15) is 0 Å². The van der Waals surface area contributed by atoms with Crippen molar-refractivity contribution in [2.75, 3.05) is 0 Å². The van der Waals surface area contributed by atoms with Crippen LogP contribution in [0.3, 0.4) is 0 Å². The smallest absolute Gasteiger partial charge is 0.0184 e. The number of benzene rings is 2. The Bertz CT molecular complexity index is 847. The minimum Gasteiger partial charge on any atom is -0.0955 e. The Morgan fingerprint density at radius 2 is 1.46 bits per heavy atom. The van der Waals surface area contributed by atoms with Crippen molar-refractivity contribution in [3.63, 3.8) is 0 Å². The molecule has 124 valence electrons. The molecule has 24 heavy (non-hydrogen) atoms. The SMILES string of the molecule is C=C(C)c1cc(C)cc(C2=C(c3cc(C)ccc3C)CCC2)c1C. The lowest BCUT2D eigenvalue weighted by Crippen LogP contribution is -1.97. The molecule has 0 bridgehead atoms. The molecular formula is C24H28. The summed E-state index contributed by atoms with van der Waals surface area (Å²) in [4.78, 5) is 0. The van der Waals surface area contributed by atoms with Gasteiger partial charge in [0.2, 0.25) is 0 Å². The van der Waals surface area contributed by atoms with E-state index in [2.05, 4.69) is 71.5 Å². The van der Waals surface area contributed by atoms with Crippen LogP contribution in [0.1, 0.15) is 65.1 Å². The van der Waals surface area contributed by atoms with Crippen molar-refractivity contribution < 1.29 is 0 Å². The van der Waals surface area contributed by atoms with E-state index in [1.807, 2.05) is 0 Å². The molecule has 0 fully saturated rings. The fourth-order valence-electron chi connectivity index (χ4n) is 4.01. The molecule has 2 aromatic rings. The first-order valence-corrected chi connectivity index (χ1v) is 8.95. The molecule has 2 aromatic carbocycles. The molecule has 0 aromatic heterocycles. The van der Waals surface area contributed by atoms with Gasteiger partial charge < -0.3 is 0 Å². The molecule has 0 unspecified atom stereocenters. The van der Waals surface area contributed by atoms with E-state index in [-0.39, 0.29) is 0 Å². The van der Waals surface area contributed by atoms with Gasteiger partial charge in [-0.05, 0) is 98.4 Å². The zero-order chi connectivity index (χ0) is 17.4. The average Bonchev–Trinajstić information content (AvgIpc) is 3.00. The van der Waals surface area contributed by atoms with Gasteiger partial charge in [0.1, 0.15) is 0 Å². The summed E-state index contributed by atoms with van der Waals surface area (Å²) in [6, 6.07) is 11.5. The zero-order valence-corrected chi connectivity index (χ0v) is 15.7. The van der Waals surface area contributed by atoms with Crippen molar-refractivity contribution in [3.8, 4) is 0 Å². The number of allylic oxidation sites excluding steroid dienone is 3. The third-order valence-electron chi connectivity index (χ3n) is 5.27. The lowest BCUT2D eigenvalue weighted by Gasteiger charge is -2.17. The Labute approximate surface area is 146 Å². The summed E-state index contributed by atoms with van der Waals surface area (Å²) < 4.78 is 0. The number of aryl methyl sites for hydroxylation is 3. The molecule has 0 atom stereocenters. The maximum absolute atomic E-state index is 4.18. The lowest BCUT2D eigenvalue weighted by molar-refractivity contribution is 0.940. The third-order valence-corrected chi connectivity index (χ3v) is 5.27. The van der Waals surface area contributed by atoms with E-state index >= 15 is 0 Å². The molecule has 0 heterocycles. The van der Waals surface area contributed by atoms with Crippen molar-refractivity contribution in [2.45, 2.75) is 53.9 Å². The van der Waals surface area contributed by atoms with E-state index in [4.69, 9.17) is 0 Å². The highest BCUT2D eigenvalue weighted by Crippen LogP contribution is 2.43. The first-order valence-electron chi connectivity index (χ1n) is 8.95. The molecule has 0 radical (unpaired) electrons. The minimum atomic E-state index is 1.16. The van der Waals surface area contributed by atoms with Gasteiger partial charge in [0.25, 0.3) is 0 Å². The highest BCUT2D eigenvalue weighted by molar-refractivity contribution is 5.95. The van der Waals surface area contributed by atoms with Gasteiger partial charge in [0.05, 0.1) is 0 Å². The van der Waals surface area contributed by atoms with Crippen LogP contribution < -0.4 is 0 Å². The summed E-state index contributed by atoms with van der Waals surface area (Å²) in [7, 11) is 0. The van der Waals surface area contributed by atoms with E-state index in [1.165, 1.54) is 58.2 Å². The van der Waals surface area contributed by atoms with E-state index < -0.39 is 0 Å². The van der Waals surface area contributed by atoms with Crippen LogP contribution in [-0.4, -0.2) is 0 Å². The fraction of sp³-hybridized carbons (Fsp3) is 0.333. The van der Waals surface area contributed by atoms with Gasteiger partial charge in [0.15, 0.2) is 0 Å². The largest absolute Gasteiger partial charge is 0.0955 e. The van der Waals surface area contributed by atoms with Crippen LogP contribution in [0.5, 0.6) is 0 Å². The highest BCUT2D eigenvalue weighted by Gasteiger charge is 2.21. The van der Waals surface area contributed by atoms with Gasteiger partial charge in [-0.25, -0.2) is 0 Å². The predicted octanol–water partition coefficient (Wildman–Crippen LogP) is 7.05. The number of hydrogen-bond acceptors (Lipinski definition) is 0. The Balaban J connectivity index is 2.24. The molecule has 1 aliphatic rings. The molecule has 0 aliphatic heterocycles. The van der Waals surface area contributed by atoms with Crippen LogP contribution in [0.2, 0.25) is 0 Å². The van der Waals surface area contributed by atoms with Crippen molar-refractivity contribution in [1.29, 1.82) is 0 Å². The summed E-state index contributed by atoms with van der Waals surface area (Å²) in [5, 5.41) is 0. The maximum atomic E-state index is 4.18. The van der Waals surface area contributed by atoms with E-state index in [0.717, 1.165) is 5.57 Å². The maximum Gasteiger partial charge on any atom is -0.0184 e. The van der Waals surface area contributed by atoms with Crippen LogP contribution in [0.4, 0.5) is 0 Å². The van der Waals surface area contributed by atoms with Gasteiger partial charge in [-0.15, -0.1) is 0 Å². The van der Waals surface area contributed by atoms with Crippen LogP contribution in [-0.2, 0) is 0 Å². The first-order chi connectivity index (χ1) is 11.4. The van der Waals surface area contributed by atoms with Crippen LogP contribution in [0.15, 0.2) is 36.9 Å². The number of rotatable bonds is 3. The highest BCUT2D eigenvalue weighted by atomic mass is 14.3. The summed E-state index contributed by atoms with van der Waals surface area (Å²) in [5.74, 6) is 0. The second-order valence-electron chi connectivity index (χ2n) is 7.39. The van der Waals surface area contributed by atoms with Crippen molar-refractivity contribution in [3.05, 3.63) is 75.9 Å². The standard InChI is InChI=1S/C24H28/c1-15(2)22-13-17(4)14-24(19(22)6)21-9-7-8-20(21)23-12-16(3)10-11-18(23)5/h10-14H,1,7-9H2,2-6H3. The summed E-state index contributed by atoms with van der Waals surface area (Å²) in [5.41, 5.74) is 13.9. The summed E-state index contributed by atoms with van der Waals surface area (Å²) in [6.07, 6.45) is 3.63. The quantitative estimate of drug-likeness (QED) is 0.569. The first kappa shape index (κ1) is 16.8. The molecule has 0 amide bonds. The Morgan fingerprint density at radius 3 is 2.12 bits per heavy atom. The second kappa shape index (κ2) is 6.43. The second-order valence-corrected chi connectivity index (χ2v) is 7.39. The van der Waals surface area contributed by atoms with Gasteiger partial charge in [-0.3, -0.25) is 0 Å². The molecule has 0 saturated heterocycles. The number of hydrogen-bond donors (Lipinski definition) is 0. The molecule has 3 rings (SSSR count). The monoisotopic (exact) mass is 316 g/mol. The Hall–Kier alpha value is -2.08. The van der Waals surface area contributed by atoms with Crippen molar-refractivity contribution >= 4 is 16.7 Å². The van der Waals surface area contributed by atoms with Gasteiger partial charge in [-0.1, -0.05) is 48.0 Å². The zero-order valence-electron chi connectivity index (χ0n) is 15.7. The van der Waals surface area contributed by atoms with E-state index in [1.54, 1.807) is 11.1 Å².